The van der Waals surface area contributed by atoms with Gasteiger partial charge in [0.05, 0.1) is 86.5 Å². The van der Waals surface area contributed by atoms with Crippen LogP contribution in [0.25, 0.3) is 5.57 Å². The quantitative estimate of drug-likeness (QED) is 0.124. The van der Waals surface area contributed by atoms with Gasteiger partial charge in [-0.3, -0.25) is 0 Å². The maximum Gasteiger partial charge on any atom is 0.499 e. The molecule has 0 bridgehead atoms. The third kappa shape index (κ3) is 9.85. The second-order valence-corrected chi connectivity index (χ2v) is 16.8. The van der Waals surface area contributed by atoms with Crippen LogP contribution in [0, 0.1) is 11.6 Å². The summed E-state index contributed by atoms with van der Waals surface area (Å²) in [6, 6.07) is 7.76. The molecule has 2 atom stereocenters. The van der Waals surface area contributed by atoms with Gasteiger partial charge in [0.15, 0.2) is 0 Å². The Kier molecular flexibility index (Phi) is 14.7. The SMILES string of the molecule is C=C(B1OC(C)(C)C(C)(C)O1)C(F)(F)F.C=C(c1c(F)cccc1[C@H]1C(C(=O)OC)=C(C)NC2=C1C(=O)OC2)C(F)(F)F.COC(=O)C1=C(C)NC2=C(C(=O)OC2)[C@H]1c1cccc(F)c1Br. The van der Waals surface area contributed by atoms with Gasteiger partial charge in [0, 0.05) is 17.0 Å². The van der Waals surface area contributed by atoms with Crippen molar-refractivity contribution in [3.63, 3.8) is 0 Å². The largest absolute Gasteiger partial charge is 0.499 e. The van der Waals surface area contributed by atoms with Crippen LogP contribution in [-0.4, -0.2) is 82.0 Å². The van der Waals surface area contributed by atoms with Crippen molar-refractivity contribution in [2.24, 2.45) is 0 Å². The second-order valence-electron chi connectivity index (χ2n) is 16.0. The number of nitrogens with one attached hydrogen (secondary N) is 2. The number of halogens is 9. The average Bonchev–Trinajstić information content (AvgIpc) is 3.86. The lowest BCUT2D eigenvalue weighted by Crippen LogP contribution is -2.41. The molecule has 5 aliphatic rings. The van der Waals surface area contributed by atoms with Crippen LogP contribution >= 0.6 is 15.9 Å². The third-order valence-electron chi connectivity index (χ3n) is 11.4. The number of esters is 4. The first kappa shape index (κ1) is 51.3. The van der Waals surface area contributed by atoms with E-state index in [2.05, 4.69) is 39.7 Å². The molecular formula is C44H42BBrF8N2O10. The molecule has 12 nitrogen and oxygen atoms in total. The summed E-state index contributed by atoms with van der Waals surface area (Å²) in [4.78, 5) is 49.1. The molecule has 1 fully saturated rings. The highest BCUT2D eigenvalue weighted by Crippen LogP contribution is 2.47. The molecule has 0 aromatic heterocycles. The van der Waals surface area contributed by atoms with E-state index in [1.54, 1.807) is 40.7 Å². The Morgan fingerprint density at radius 3 is 1.55 bits per heavy atom. The number of allylic oxidation sites excluding steroid dienone is 4. The number of benzene rings is 2. The predicted octanol–water partition coefficient (Wildman–Crippen LogP) is 8.62. The zero-order valence-electron chi connectivity index (χ0n) is 36.5. The third-order valence-corrected chi connectivity index (χ3v) is 12.3. The van der Waals surface area contributed by atoms with E-state index in [-0.39, 0.29) is 45.7 Å². The van der Waals surface area contributed by atoms with Gasteiger partial charge in [0.25, 0.3) is 0 Å². The van der Waals surface area contributed by atoms with Gasteiger partial charge in [-0.15, -0.1) is 0 Å². The summed E-state index contributed by atoms with van der Waals surface area (Å²) in [5.74, 6) is -6.49. The summed E-state index contributed by atoms with van der Waals surface area (Å²) in [7, 11) is 0.949. The van der Waals surface area contributed by atoms with Gasteiger partial charge in [-0.25, -0.2) is 28.0 Å². The number of rotatable bonds is 6. The molecule has 0 unspecified atom stereocenters. The highest BCUT2D eigenvalue weighted by molar-refractivity contribution is 9.10. The van der Waals surface area contributed by atoms with Gasteiger partial charge in [-0.1, -0.05) is 37.4 Å². The first-order chi connectivity index (χ1) is 30.5. The number of hydrogen-bond donors (Lipinski definition) is 2. The fourth-order valence-electron chi connectivity index (χ4n) is 7.42. The van der Waals surface area contributed by atoms with E-state index < -0.39 is 94.6 Å². The van der Waals surface area contributed by atoms with E-state index in [4.69, 9.17) is 28.3 Å². The average molecular weight is 1000 g/mol. The number of carbonyl (C=O) groups excluding carboxylic acids is 4. The molecule has 0 spiro atoms. The van der Waals surface area contributed by atoms with Gasteiger partial charge < -0.3 is 38.9 Å². The van der Waals surface area contributed by atoms with Crippen molar-refractivity contribution in [2.75, 3.05) is 27.4 Å². The molecule has 2 aromatic rings. The van der Waals surface area contributed by atoms with E-state index >= 15 is 0 Å². The predicted molar refractivity (Wildman–Crippen MR) is 224 cm³/mol. The number of ether oxygens (including phenoxy) is 4. The van der Waals surface area contributed by atoms with Crippen molar-refractivity contribution in [2.45, 2.75) is 76.9 Å². The number of alkyl halides is 6. The summed E-state index contributed by atoms with van der Waals surface area (Å²) < 4.78 is 136. The molecule has 0 aliphatic carbocycles. The van der Waals surface area contributed by atoms with Crippen LogP contribution in [0.4, 0.5) is 35.1 Å². The molecule has 5 heterocycles. The minimum atomic E-state index is -4.92. The first-order valence-corrected chi connectivity index (χ1v) is 20.3. The highest BCUT2D eigenvalue weighted by atomic mass is 79.9. The molecule has 66 heavy (non-hydrogen) atoms. The van der Waals surface area contributed by atoms with Crippen LogP contribution in [0.15, 0.2) is 105 Å². The van der Waals surface area contributed by atoms with Crippen molar-refractivity contribution in [3.8, 4) is 0 Å². The molecule has 2 N–H and O–H groups in total. The van der Waals surface area contributed by atoms with Crippen molar-refractivity contribution in [1.29, 1.82) is 0 Å². The van der Waals surface area contributed by atoms with Crippen LogP contribution in [0.5, 0.6) is 0 Å². The number of cyclic esters (lactones) is 2. The number of methoxy groups -OCH3 is 2. The van der Waals surface area contributed by atoms with Crippen molar-refractivity contribution >= 4 is 52.5 Å². The van der Waals surface area contributed by atoms with E-state index in [0.29, 0.717) is 28.2 Å². The van der Waals surface area contributed by atoms with E-state index in [1.165, 1.54) is 38.3 Å². The van der Waals surface area contributed by atoms with Gasteiger partial charge in [0.1, 0.15) is 24.8 Å². The summed E-state index contributed by atoms with van der Waals surface area (Å²) in [5.41, 5.74) is -2.44. The fraction of sp³-hybridized carbons (Fsp3) is 0.364. The van der Waals surface area contributed by atoms with Crippen LogP contribution < -0.4 is 10.6 Å². The Labute approximate surface area is 382 Å². The maximum atomic E-state index is 14.5. The lowest BCUT2D eigenvalue weighted by atomic mass is 9.78. The van der Waals surface area contributed by atoms with Crippen molar-refractivity contribution in [1.82, 2.24) is 10.6 Å². The van der Waals surface area contributed by atoms with E-state index in [1.807, 2.05) is 0 Å². The Morgan fingerprint density at radius 1 is 0.727 bits per heavy atom. The Hall–Kier alpha value is -5.74. The number of hydrogen-bond acceptors (Lipinski definition) is 12. The van der Waals surface area contributed by atoms with E-state index in [9.17, 15) is 54.3 Å². The van der Waals surface area contributed by atoms with Crippen LogP contribution in [0.2, 0.25) is 0 Å². The molecule has 354 valence electrons. The van der Waals surface area contributed by atoms with Gasteiger partial charge in [-0.2, -0.15) is 26.3 Å². The molecule has 5 aliphatic heterocycles. The minimum absolute atomic E-state index is 0.0622. The van der Waals surface area contributed by atoms with Crippen molar-refractivity contribution < 1.29 is 82.6 Å². The monoisotopic (exact) mass is 1000 g/mol. The van der Waals surface area contributed by atoms with Crippen molar-refractivity contribution in [3.05, 3.63) is 133 Å². The Balaban J connectivity index is 0.000000194. The van der Waals surface area contributed by atoms with Crippen LogP contribution in [0.1, 0.15) is 70.1 Å². The molecule has 0 amide bonds. The summed E-state index contributed by atoms with van der Waals surface area (Å²) in [6.07, 6.45) is -9.40. The Bertz CT molecular complexity index is 2530. The molecule has 0 radical (unpaired) electrons. The molecule has 7 rings (SSSR count). The molecule has 2 aromatic carbocycles. The second kappa shape index (κ2) is 18.9. The molecule has 22 heteroatoms. The fourth-order valence-corrected chi connectivity index (χ4v) is 7.91. The maximum absolute atomic E-state index is 14.5. The standard InChI is InChI=1S/C19H15F4NO4.C16H13BrFNO4.C9H14BF3O2/c1-8(19(21,22)23)13-10(5-4-6-11(13)20)15-14(17(25)27-3)9(2)24-12-7-28-18(26)16(12)15;1-7-11(15(20)22-2)12(8-4-3-5-9(18)14(8)17)13-10(19-7)6-23-16(13)21;1-6(9(11,12)13)10-14-7(2,3)8(4,5)15-10/h4-6,15,24H,1,7H2,2-3H3;3-5,12,19H,6H2,1-2H3;1H2,2-5H3/t15-;12-;/m00./s1. The minimum Gasteiger partial charge on any atom is -0.466 e. The lowest BCUT2D eigenvalue weighted by Gasteiger charge is -2.32. The van der Waals surface area contributed by atoms with Gasteiger partial charge in [-0.05, 0) is 80.7 Å². The molecule has 1 saturated heterocycles. The molecular weight excluding hydrogens is 959 g/mol. The first-order valence-electron chi connectivity index (χ1n) is 19.5. The van der Waals surface area contributed by atoms with Crippen LogP contribution in [0.3, 0.4) is 0 Å². The summed E-state index contributed by atoms with van der Waals surface area (Å²) in [6.45, 7) is 15.9. The summed E-state index contributed by atoms with van der Waals surface area (Å²) in [5, 5.41) is 5.85. The van der Waals surface area contributed by atoms with Gasteiger partial charge in [0.2, 0.25) is 0 Å². The Morgan fingerprint density at radius 2 is 1.14 bits per heavy atom. The summed E-state index contributed by atoms with van der Waals surface area (Å²) >= 11 is 3.21. The van der Waals surface area contributed by atoms with Crippen LogP contribution in [-0.2, 0) is 47.4 Å². The smallest absolute Gasteiger partial charge is 0.466 e. The number of carbonyl (C=O) groups is 4. The van der Waals surface area contributed by atoms with E-state index in [0.717, 1.165) is 13.2 Å². The molecule has 0 saturated carbocycles. The zero-order valence-corrected chi connectivity index (χ0v) is 38.1. The number of dihydropyridines is 2. The normalized spacial score (nSPS) is 20.7. The van der Waals surface area contributed by atoms with Gasteiger partial charge >= 0.3 is 43.3 Å². The topological polar surface area (TPSA) is 148 Å². The highest BCUT2D eigenvalue weighted by Gasteiger charge is 2.56. The lowest BCUT2D eigenvalue weighted by molar-refractivity contribution is -0.138. The zero-order chi connectivity index (χ0) is 49.6.